The van der Waals surface area contributed by atoms with Crippen molar-refractivity contribution in [1.82, 2.24) is 14.5 Å². The van der Waals surface area contributed by atoms with Gasteiger partial charge in [0.1, 0.15) is 17.2 Å². The highest BCUT2D eigenvalue weighted by atomic mass is 16.5. The summed E-state index contributed by atoms with van der Waals surface area (Å²) in [6, 6.07) is 8.14. The van der Waals surface area contributed by atoms with Gasteiger partial charge in [0.2, 0.25) is 5.91 Å². The maximum Gasteiger partial charge on any atom is 0.248 e. The summed E-state index contributed by atoms with van der Waals surface area (Å²) in [7, 11) is 1.68. The maximum absolute atomic E-state index is 11.7. The van der Waals surface area contributed by atoms with Crippen LogP contribution in [0.5, 0.6) is 5.75 Å². The smallest absolute Gasteiger partial charge is 0.248 e. The molecule has 1 saturated heterocycles. The second-order valence-corrected chi connectivity index (χ2v) is 7.03. The SMILES string of the molecule is COc1cccc(CN2CCC3(CC2)O[C@@H](C(N)=O)Cn2ccnc23)c1. The molecule has 26 heavy (non-hydrogen) atoms. The predicted octanol–water partition coefficient (Wildman–Crippen LogP) is 1.27. The Morgan fingerprint density at radius 2 is 2.23 bits per heavy atom. The van der Waals surface area contributed by atoms with Gasteiger partial charge in [-0.25, -0.2) is 4.98 Å². The van der Waals surface area contributed by atoms with Crippen LogP contribution in [0.25, 0.3) is 0 Å². The fourth-order valence-corrected chi connectivity index (χ4v) is 3.99. The number of nitrogens with two attached hydrogens (primary N) is 1. The van der Waals surface area contributed by atoms with Crippen LogP contribution in [0, 0.1) is 0 Å². The van der Waals surface area contributed by atoms with E-state index in [1.54, 1.807) is 13.3 Å². The van der Waals surface area contributed by atoms with Crippen LogP contribution in [-0.2, 0) is 28.2 Å². The minimum atomic E-state index is -0.596. The fourth-order valence-electron chi connectivity index (χ4n) is 3.99. The first kappa shape index (κ1) is 17.1. The zero-order valence-corrected chi connectivity index (χ0v) is 14.9. The van der Waals surface area contributed by atoms with E-state index in [2.05, 4.69) is 22.0 Å². The molecule has 2 aliphatic rings. The molecule has 0 bridgehead atoms. The molecule has 7 nitrogen and oxygen atoms in total. The molecule has 138 valence electrons. The third-order valence-electron chi connectivity index (χ3n) is 5.37. The normalized spacial score (nSPS) is 22.1. The maximum atomic E-state index is 11.7. The highest BCUT2D eigenvalue weighted by Crippen LogP contribution is 2.40. The molecule has 0 saturated carbocycles. The first-order valence-corrected chi connectivity index (χ1v) is 8.94. The molecular formula is C19H24N4O3. The molecule has 0 radical (unpaired) electrons. The molecule has 2 aliphatic heterocycles. The third-order valence-corrected chi connectivity index (χ3v) is 5.37. The lowest BCUT2D eigenvalue weighted by molar-refractivity contribution is -0.171. The zero-order valence-electron chi connectivity index (χ0n) is 14.9. The Balaban J connectivity index is 1.48. The second kappa shape index (κ2) is 6.74. The Bertz CT molecular complexity index is 796. The van der Waals surface area contributed by atoms with Crippen LogP contribution in [-0.4, -0.2) is 46.7 Å². The number of primary amides is 1. The van der Waals surface area contributed by atoms with Crippen LogP contribution in [0.4, 0.5) is 0 Å². The van der Waals surface area contributed by atoms with Crippen molar-refractivity contribution in [2.75, 3.05) is 20.2 Å². The predicted molar refractivity (Wildman–Crippen MR) is 95.5 cm³/mol. The van der Waals surface area contributed by atoms with Crippen LogP contribution in [0.2, 0.25) is 0 Å². The van der Waals surface area contributed by atoms with E-state index in [0.717, 1.165) is 44.0 Å². The lowest BCUT2D eigenvalue weighted by atomic mass is 9.88. The van der Waals surface area contributed by atoms with Gasteiger partial charge in [-0.05, 0) is 30.5 Å². The summed E-state index contributed by atoms with van der Waals surface area (Å²) in [6.45, 7) is 3.05. The number of carbonyl (C=O) groups excluding carboxylic acids is 1. The van der Waals surface area contributed by atoms with E-state index in [9.17, 15) is 4.79 Å². The molecule has 1 spiro atoms. The largest absolute Gasteiger partial charge is 0.497 e. The van der Waals surface area contributed by atoms with Crippen molar-refractivity contribution in [3.05, 3.63) is 48.0 Å². The fraction of sp³-hybridized carbons (Fsp3) is 0.474. The van der Waals surface area contributed by atoms with Gasteiger partial charge in [-0.1, -0.05) is 12.1 Å². The monoisotopic (exact) mass is 356 g/mol. The van der Waals surface area contributed by atoms with E-state index < -0.39 is 17.6 Å². The zero-order chi connectivity index (χ0) is 18.1. The average molecular weight is 356 g/mol. The minimum Gasteiger partial charge on any atom is -0.497 e. The molecule has 1 atom stereocenters. The first-order chi connectivity index (χ1) is 12.6. The molecule has 1 amide bonds. The number of benzene rings is 1. The van der Waals surface area contributed by atoms with Crippen molar-refractivity contribution in [3.63, 3.8) is 0 Å². The standard InChI is InChI=1S/C19H24N4O3/c1-25-15-4-2-3-14(11-15)12-22-8-5-19(6-9-22)18-21-7-10-23(18)13-16(26-19)17(20)24/h2-4,7,10-11,16H,5-6,8-9,12-13H2,1H3,(H2,20,24)/t16-/m1/s1. The number of amides is 1. The van der Waals surface area contributed by atoms with Gasteiger partial charge in [0.15, 0.2) is 6.10 Å². The number of likely N-dealkylation sites (tertiary alicyclic amines) is 1. The van der Waals surface area contributed by atoms with Crippen molar-refractivity contribution in [2.24, 2.45) is 5.73 Å². The van der Waals surface area contributed by atoms with Crippen LogP contribution in [0.3, 0.4) is 0 Å². The highest BCUT2D eigenvalue weighted by molar-refractivity contribution is 5.79. The molecule has 4 rings (SSSR count). The topological polar surface area (TPSA) is 82.6 Å². The number of methoxy groups -OCH3 is 1. The molecular weight excluding hydrogens is 332 g/mol. The van der Waals surface area contributed by atoms with Crippen LogP contribution < -0.4 is 10.5 Å². The Morgan fingerprint density at radius 1 is 1.42 bits per heavy atom. The Kier molecular flexibility index (Phi) is 4.42. The van der Waals surface area contributed by atoms with Gasteiger partial charge in [-0.15, -0.1) is 0 Å². The summed E-state index contributed by atoms with van der Waals surface area (Å²) in [5, 5.41) is 0. The number of carbonyl (C=O) groups is 1. The number of aromatic nitrogens is 2. The van der Waals surface area contributed by atoms with Crippen molar-refractivity contribution in [3.8, 4) is 5.75 Å². The third kappa shape index (κ3) is 3.08. The number of rotatable bonds is 4. The van der Waals surface area contributed by atoms with Crippen molar-refractivity contribution in [1.29, 1.82) is 0 Å². The van der Waals surface area contributed by atoms with Gasteiger partial charge in [0, 0.05) is 32.0 Å². The molecule has 1 aromatic carbocycles. The number of hydrogen-bond acceptors (Lipinski definition) is 5. The van der Waals surface area contributed by atoms with Gasteiger partial charge >= 0.3 is 0 Å². The van der Waals surface area contributed by atoms with Gasteiger partial charge in [-0.2, -0.15) is 0 Å². The molecule has 0 unspecified atom stereocenters. The highest BCUT2D eigenvalue weighted by Gasteiger charge is 2.46. The van der Waals surface area contributed by atoms with E-state index in [-0.39, 0.29) is 0 Å². The van der Waals surface area contributed by atoms with Gasteiger partial charge < -0.3 is 19.8 Å². The number of ether oxygens (including phenoxy) is 2. The lowest BCUT2D eigenvalue weighted by Gasteiger charge is -2.45. The average Bonchev–Trinajstić information content (AvgIpc) is 3.13. The number of piperidine rings is 1. The van der Waals surface area contributed by atoms with Gasteiger partial charge in [0.25, 0.3) is 0 Å². The number of nitrogens with zero attached hydrogens (tertiary/aromatic N) is 3. The first-order valence-electron chi connectivity index (χ1n) is 8.94. The van der Waals surface area contributed by atoms with Crippen LogP contribution in [0.1, 0.15) is 24.2 Å². The van der Waals surface area contributed by atoms with E-state index >= 15 is 0 Å². The summed E-state index contributed by atoms with van der Waals surface area (Å²) >= 11 is 0. The van der Waals surface area contributed by atoms with Crippen molar-refractivity contribution >= 4 is 5.91 Å². The van der Waals surface area contributed by atoms with Gasteiger partial charge in [0.05, 0.1) is 13.7 Å². The van der Waals surface area contributed by atoms with Crippen LogP contribution in [0.15, 0.2) is 36.7 Å². The molecule has 3 heterocycles. The number of hydrogen-bond donors (Lipinski definition) is 1. The second-order valence-electron chi connectivity index (χ2n) is 7.03. The van der Waals surface area contributed by atoms with E-state index in [1.807, 2.05) is 22.9 Å². The van der Waals surface area contributed by atoms with Gasteiger partial charge in [-0.3, -0.25) is 9.69 Å². The van der Waals surface area contributed by atoms with Crippen LogP contribution >= 0.6 is 0 Å². The number of imidazole rings is 1. The summed E-state index contributed by atoms with van der Waals surface area (Å²) in [5.41, 5.74) is 6.22. The Hall–Kier alpha value is -2.38. The molecule has 2 aromatic rings. The summed E-state index contributed by atoms with van der Waals surface area (Å²) in [5.74, 6) is 1.37. The van der Waals surface area contributed by atoms with E-state index in [1.165, 1.54) is 5.56 Å². The molecule has 0 aliphatic carbocycles. The van der Waals surface area contributed by atoms with E-state index in [0.29, 0.717) is 6.54 Å². The van der Waals surface area contributed by atoms with E-state index in [4.69, 9.17) is 15.2 Å². The molecule has 1 aromatic heterocycles. The summed E-state index contributed by atoms with van der Waals surface area (Å²) in [6.07, 6.45) is 4.65. The molecule has 2 N–H and O–H groups in total. The lowest BCUT2D eigenvalue weighted by Crippen LogP contribution is -2.53. The van der Waals surface area contributed by atoms with Crippen molar-refractivity contribution in [2.45, 2.75) is 37.6 Å². The number of fused-ring (bicyclic) bond motifs is 2. The molecule has 7 heteroatoms. The molecule has 1 fully saturated rings. The summed E-state index contributed by atoms with van der Waals surface area (Å²) < 4.78 is 13.5. The van der Waals surface area contributed by atoms with Crippen molar-refractivity contribution < 1.29 is 14.3 Å². The Morgan fingerprint density at radius 3 is 2.96 bits per heavy atom. The minimum absolute atomic E-state index is 0.414. The Labute approximate surface area is 152 Å². The quantitative estimate of drug-likeness (QED) is 0.892. The summed E-state index contributed by atoms with van der Waals surface area (Å²) in [4.78, 5) is 18.6.